The smallest absolute Gasteiger partial charge is 0.329 e. The molecule has 2 N–H and O–H groups in total. The minimum absolute atomic E-state index is 0.168. The summed E-state index contributed by atoms with van der Waals surface area (Å²) in [7, 11) is 0. The van der Waals surface area contributed by atoms with Crippen LogP contribution in [-0.4, -0.2) is 34.1 Å². The lowest BCUT2D eigenvalue weighted by Crippen LogP contribution is -2.57. The fourth-order valence-corrected chi connectivity index (χ4v) is 3.32. The van der Waals surface area contributed by atoms with Crippen LogP contribution in [0.3, 0.4) is 0 Å². The quantitative estimate of drug-likeness (QED) is 0.874. The highest BCUT2D eigenvalue weighted by Gasteiger charge is 2.42. The Kier molecular flexibility index (Phi) is 4.83. The highest BCUT2D eigenvalue weighted by atomic mass is 16.4. The summed E-state index contributed by atoms with van der Waals surface area (Å²) in [4.78, 5) is 36.4. The molecular weight excluding hydrogens is 322 g/mol. The second-order valence-corrected chi connectivity index (χ2v) is 6.49. The summed E-state index contributed by atoms with van der Waals surface area (Å²) >= 11 is 0. The van der Waals surface area contributed by atoms with Crippen LogP contribution >= 0.6 is 0 Å². The minimum atomic E-state index is -1.23. The Morgan fingerprint density at radius 2 is 1.76 bits per heavy atom. The molecule has 1 aliphatic carbocycles. The molecule has 0 bridgehead atoms. The molecule has 2 amide bonds. The molecule has 0 atom stereocenters. The number of rotatable bonds is 4. The third-order valence-electron chi connectivity index (χ3n) is 4.76. The first-order valence-corrected chi connectivity index (χ1v) is 8.53. The highest BCUT2D eigenvalue weighted by molar-refractivity contribution is 6.40. The molecular formula is C18H21N3O4. The van der Waals surface area contributed by atoms with Crippen LogP contribution in [0.2, 0.25) is 0 Å². The molecule has 1 fully saturated rings. The maximum absolute atomic E-state index is 12.6. The zero-order valence-corrected chi connectivity index (χ0v) is 13.9. The van der Waals surface area contributed by atoms with Gasteiger partial charge in [-0.15, -0.1) is 0 Å². The lowest BCUT2D eigenvalue weighted by Gasteiger charge is -2.34. The average molecular weight is 343 g/mol. The second kappa shape index (κ2) is 7.04. The van der Waals surface area contributed by atoms with Gasteiger partial charge in [0.25, 0.3) is 5.91 Å². The molecule has 1 aliphatic heterocycles. The summed E-state index contributed by atoms with van der Waals surface area (Å²) in [6, 6.07) is 8.88. The minimum Gasteiger partial charge on any atom is -0.480 e. The van der Waals surface area contributed by atoms with Gasteiger partial charge >= 0.3 is 5.97 Å². The van der Waals surface area contributed by atoms with Crippen molar-refractivity contribution in [3.05, 3.63) is 30.3 Å². The molecule has 0 spiro atoms. The molecule has 25 heavy (non-hydrogen) atoms. The number of hydrogen-bond acceptors (Lipinski definition) is 4. The third kappa shape index (κ3) is 3.55. The van der Waals surface area contributed by atoms with Crippen LogP contribution in [-0.2, 0) is 14.4 Å². The van der Waals surface area contributed by atoms with Crippen molar-refractivity contribution in [2.24, 2.45) is 5.10 Å². The van der Waals surface area contributed by atoms with E-state index in [0.717, 1.165) is 19.3 Å². The first-order valence-electron chi connectivity index (χ1n) is 8.53. The van der Waals surface area contributed by atoms with Gasteiger partial charge in [0, 0.05) is 12.8 Å². The molecule has 0 unspecified atom stereocenters. The van der Waals surface area contributed by atoms with E-state index in [1.165, 1.54) is 5.01 Å². The van der Waals surface area contributed by atoms with Gasteiger partial charge in [0.05, 0.1) is 5.69 Å². The molecule has 132 valence electrons. The SMILES string of the molecule is O=C(NC1(C(=O)O)CCCCC1)C1=NN(c2ccccc2)C(=O)CC1. The van der Waals surface area contributed by atoms with E-state index in [1.54, 1.807) is 24.3 Å². The largest absolute Gasteiger partial charge is 0.480 e. The van der Waals surface area contributed by atoms with Gasteiger partial charge in [0.2, 0.25) is 5.91 Å². The zero-order chi connectivity index (χ0) is 17.9. The van der Waals surface area contributed by atoms with Crippen LogP contribution in [0.15, 0.2) is 35.4 Å². The maximum Gasteiger partial charge on any atom is 0.329 e. The predicted molar refractivity (Wildman–Crippen MR) is 92.2 cm³/mol. The van der Waals surface area contributed by atoms with Crippen LogP contribution in [0.5, 0.6) is 0 Å². The molecule has 1 heterocycles. The molecule has 1 saturated carbocycles. The Balaban J connectivity index is 1.81. The number of hydrogen-bond donors (Lipinski definition) is 2. The number of carboxylic acids is 1. The van der Waals surface area contributed by atoms with E-state index in [4.69, 9.17) is 0 Å². The van der Waals surface area contributed by atoms with Gasteiger partial charge in [-0.25, -0.2) is 9.80 Å². The number of carbonyl (C=O) groups is 3. The van der Waals surface area contributed by atoms with Gasteiger partial charge in [-0.2, -0.15) is 5.10 Å². The Morgan fingerprint density at radius 3 is 2.40 bits per heavy atom. The Morgan fingerprint density at radius 1 is 1.08 bits per heavy atom. The molecule has 1 aromatic carbocycles. The van der Waals surface area contributed by atoms with Crippen molar-refractivity contribution in [1.82, 2.24) is 5.32 Å². The van der Waals surface area contributed by atoms with Gasteiger partial charge in [-0.1, -0.05) is 37.5 Å². The monoisotopic (exact) mass is 343 g/mol. The standard InChI is InChI=1S/C18H21N3O4/c22-15-10-9-14(20-21(15)13-7-3-1-4-8-13)16(23)19-18(17(24)25)11-5-2-6-12-18/h1,3-4,7-8H,2,5-6,9-12H2,(H,19,23)(H,24,25). The Hall–Kier alpha value is -2.70. The number of para-hydroxylation sites is 1. The molecule has 0 aromatic heterocycles. The van der Waals surface area contributed by atoms with E-state index < -0.39 is 17.4 Å². The molecule has 1 aromatic rings. The summed E-state index contributed by atoms with van der Waals surface area (Å²) in [6.45, 7) is 0. The number of nitrogens with one attached hydrogen (secondary N) is 1. The van der Waals surface area contributed by atoms with Gasteiger partial charge in [0.1, 0.15) is 11.3 Å². The lowest BCUT2D eigenvalue weighted by atomic mass is 9.81. The van der Waals surface area contributed by atoms with Crippen molar-refractivity contribution in [2.75, 3.05) is 5.01 Å². The van der Waals surface area contributed by atoms with E-state index in [0.29, 0.717) is 18.5 Å². The Bertz CT molecular complexity index is 708. The highest BCUT2D eigenvalue weighted by Crippen LogP contribution is 2.29. The van der Waals surface area contributed by atoms with Gasteiger partial charge < -0.3 is 10.4 Å². The average Bonchev–Trinajstić information content (AvgIpc) is 2.63. The fourth-order valence-electron chi connectivity index (χ4n) is 3.32. The molecule has 2 aliphatic rings. The van der Waals surface area contributed by atoms with Crippen LogP contribution < -0.4 is 10.3 Å². The molecule has 3 rings (SSSR count). The van der Waals surface area contributed by atoms with Crippen LogP contribution in [0.4, 0.5) is 5.69 Å². The van der Waals surface area contributed by atoms with E-state index in [-0.39, 0.29) is 24.5 Å². The summed E-state index contributed by atoms with van der Waals surface area (Å²) in [6.07, 6.45) is 3.74. The van der Waals surface area contributed by atoms with E-state index in [9.17, 15) is 19.5 Å². The summed E-state index contributed by atoms with van der Waals surface area (Å²) in [5, 5.41) is 17.7. The van der Waals surface area contributed by atoms with Gasteiger partial charge in [-0.05, 0) is 25.0 Å². The second-order valence-electron chi connectivity index (χ2n) is 6.49. The summed E-state index contributed by atoms with van der Waals surface area (Å²) in [5.74, 6) is -1.70. The van der Waals surface area contributed by atoms with Gasteiger partial charge in [-0.3, -0.25) is 9.59 Å². The Labute approximate surface area is 145 Å². The maximum atomic E-state index is 12.6. The van der Waals surface area contributed by atoms with Gasteiger partial charge in [0.15, 0.2) is 0 Å². The number of carboxylic acid groups (broad SMARTS) is 1. The number of nitrogens with zero attached hydrogens (tertiary/aromatic N) is 2. The topological polar surface area (TPSA) is 99.1 Å². The summed E-state index contributed by atoms with van der Waals surface area (Å²) in [5.41, 5.74) is -0.450. The molecule has 0 radical (unpaired) electrons. The normalized spacial score (nSPS) is 19.9. The number of carbonyl (C=O) groups excluding carboxylic acids is 2. The number of anilines is 1. The lowest BCUT2D eigenvalue weighted by molar-refractivity contribution is -0.148. The van der Waals surface area contributed by atoms with Crippen molar-refractivity contribution in [1.29, 1.82) is 0 Å². The van der Waals surface area contributed by atoms with E-state index >= 15 is 0 Å². The van der Waals surface area contributed by atoms with Crippen molar-refractivity contribution >= 4 is 29.2 Å². The molecule has 7 heteroatoms. The number of aliphatic carboxylic acids is 1. The summed E-state index contributed by atoms with van der Waals surface area (Å²) < 4.78 is 0. The van der Waals surface area contributed by atoms with Crippen molar-refractivity contribution in [3.63, 3.8) is 0 Å². The van der Waals surface area contributed by atoms with Crippen LogP contribution in [0.25, 0.3) is 0 Å². The zero-order valence-electron chi connectivity index (χ0n) is 13.9. The molecule has 7 nitrogen and oxygen atoms in total. The van der Waals surface area contributed by atoms with Crippen LogP contribution in [0, 0.1) is 0 Å². The van der Waals surface area contributed by atoms with E-state index in [2.05, 4.69) is 10.4 Å². The molecule has 0 saturated heterocycles. The number of amides is 2. The predicted octanol–water partition coefficient (Wildman–Crippen LogP) is 2.07. The third-order valence-corrected chi connectivity index (χ3v) is 4.76. The first kappa shape index (κ1) is 17.1. The van der Waals surface area contributed by atoms with Crippen molar-refractivity contribution in [3.8, 4) is 0 Å². The fraction of sp³-hybridized carbons (Fsp3) is 0.444. The number of benzene rings is 1. The van der Waals surface area contributed by atoms with Crippen molar-refractivity contribution in [2.45, 2.75) is 50.5 Å². The first-order chi connectivity index (χ1) is 12.0. The van der Waals surface area contributed by atoms with Crippen molar-refractivity contribution < 1.29 is 19.5 Å². The number of hydrazone groups is 1. The van der Waals surface area contributed by atoms with Crippen LogP contribution in [0.1, 0.15) is 44.9 Å². The van der Waals surface area contributed by atoms with E-state index in [1.807, 2.05) is 6.07 Å².